The molecule has 182 valence electrons. The van der Waals surface area contributed by atoms with Gasteiger partial charge in [-0.1, -0.05) is 29.8 Å². The first-order valence-electron chi connectivity index (χ1n) is 10.7. The van der Waals surface area contributed by atoms with E-state index >= 15 is 0 Å². The second-order valence-corrected chi connectivity index (χ2v) is 8.42. The molecule has 0 aromatic heterocycles. The number of methoxy groups -OCH3 is 3. The number of halogens is 2. The minimum Gasteiger partial charge on any atom is -0.495 e. The summed E-state index contributed by atoms with van der Waals surface area (Å²) in [7, 11) is 5.93. The fourth-order valence-electron chi connectivity index (χ4n) is 4.42. The van der Waals surface area contributed by atoms with Crippen LogP contribution < -0.4 is 19.5 Å². The zero-order chi connectivity index (χ0) is 25.3. The highest BCUT2D eigenvalue weighted by Crippen LogP contribution is 2.46. The van der Waals surface area contributed by atoms with E-state index in [1.54, 1.807) is 49.5 Å². The quantitative estimate of drug-likeness (QED) is 0.514. The van der Waals surface area contributed by atoms with Crippen molar-refractivity contribution in [2.75, 3.05) is 33.7 Å². The highest BCUT2D eigenvalue weighted by Gasteiger charge is 2.44. The van der Waals surface area contributed by atoms with Crippen molar-refractivity contribution in [3.8, 4) is 17.2 Å². The van der Waals surface area contributed by atoms with Crippen molar-refractivity contribution < 1.29 is 28.2 Å². The normalized spacial score (nSPS) is 17.0. The van der Waals surface area contributed by atoms with Gasteiger partial charge < -0.3 is 24.4 Å². The molecule has 0 aliphatic carbocycles. The molecule has 0 saturated heterocycles. The van der Waals surface area contributed by atoms with Crippen LogP contribution in [0.5, 0.6) is 17.2 Å². The van der Waals surface area contributed by atoms with Crippen molar-refractivity contribution in [3.05, 3.63) is 82.1 Å². The van der Waals surface area contributed by atoms with E-state index in [1.165, 1.54) is 38.4 Å². The van der Waals surface area contributed by atoms with E-state index in [2.05, 4.69) is 5.32 Å². The molecular formula is C26H24ClFN2O5. The van der Waals surface area contributed by atoms with Gasteiger partial charge in [0.2, 0.25) is 5.91 Å². The van der Waals surface area contributed by atoms with Gasteiger partial charge in [0.05, 0.1) is 39.0 Å². The van der Waals surface area contributed by atoms with Crippen LogP contribution in [0.2, 0.25) is 5.02 Å². The van der Waals surface area contributed by atoms with E-state index < -0.39 is 23.7 Å². The lowest BCUT2D eigenvalue weighted by Crippen LogP contribution is -2.44. The monoisotopic (exact) mass is 498 g/mol. The Hall–Kier alpha value is -3.78. The lowest BCUT2D eigenvalue weighted by molar-refractivity contribution is -0.119. The minimum absolute atomic E-state index is 0.210. The average Bonchev–Trinajstić information content (AvgIpc) is 2.85. The molecule has 2 atom stereocenters. The molecule has 3 aromatic rings. The zero-order valence-corrected chi connectivity index (χ0v) is 20.4. The molecule has 0 fully saturated rings. The van der Waals surface area contributed by atoms with E-state index in [1.807, 2.05) is 0 Å². The van der Waals surface area contributed by atoms with Crippen LogP contribution in [0.4, 0.5) is 10.1 Å². The topological polar surface area (TPSA) is 77.1 Å². The molecule has 2 amide bonds. The molecule has 9 heteroatoms. The summed E-state index contributed by atoms with van der Waals surface area (Å²) in [5, 5.41) is 3.25. The van der Waals surface area contributed by atoms with Crippen LogP contribution in [0.1, 0.15) is 33.4 Å². The van der Waals surface area contributed by atoms with Crippen molar-refractivity contribution in [2.24, 2.45) is 0 Å². The number of nitrogens with zero attached hydrogens (tertiary/aromatic N) is 1. The summed E-state index contributed by atoms with van der Waals surface area (Å²) >= 11 is 6.14. The number of hydrogen-bond acceptors (Lipinski definition) is 5. The van der Waals surface area contributed by atoms with Gasteiger partial charge in [-0.15, -0.1) is 0 Å². The summed E-state index contributed by atoms with van der Waals surface area (Å²) in [5.41, 5.74) is 1.20. The Morgan fingerprint density at radius 1 is 0.943 bits per heavy atom. The van der Waals surface area contributed by atoms with Crippen LogP contribution in [0.3, 0.4) is 0 Å². The third-order valence-corrected chi connectivity index (χ3v) is 6.34. The average molecular weight is 499 g/mol. The van der Waals surface area contributed by atoms with Crippen molar-refractivity contribution >= 4 is 29.1 Å². The van der Waals surface area contributed by atoms with Crippen molar-refractivity contribution in [2.45, 2.75) is 12.0 Å². The Labute approximate surface area is 207 Å². The Bertz CT molecular complexity index is 1300. The number of benzene rings is 3. The molecule has 0 unspecified atom stereocenters. The third-order valence-electron chi connectivity index (χ3n) is 6.10. The fraction of sp³-hybridized carbons (Fsp3) is 0.231. The van der Waals surface area contributed by atoms with Gasteiger partial charge in [-0.2, -0.15) is 0 Å². The van der Waals surface area contributed by atoms with E-state index in [9.17, 15) is 14.0 Å². The molecule has 1 aliphatic heterocycles. The van der Waals surface area contributed by atoms with Crippen LogP contribution in [0.15, 0.2) is 54.6 Å². The molecule has 0 bridgehead atoms. The lowest BCUT2D eigenvalue weighted by Gasteiger charge is -2.40. The Balaban J connectivity index is 1.91. The van der Waals surface area contributed by atoms with Crippen LogP contribution in [0.25, 0.3) is 0 Å². The van der Waals surface area contributed by atoms with Crippen LogP contribution in [-0.4, -0.2) is 45.1 Å². The summed E-state index contributed by atoms with van der Waals surface area (Å²) < 4.78 is 31.2. The van der Waals surface area contributed by atoms with Crippen molar-refractivity contribution in [1.29, 1.82) is 0 Å². The van der Waals surface area contributed by atoms with Gasteiger partial charge in [0.25, 0.3) is 5.91 Å². The Kier molecular flexibility index (Phi) is 6.84. The molecule has 7 nitrogen and oxygen atoms in total. The number of ether oxygens (including phenoxy) is 3. The number of anilines is 1. The van der Waals surface area contributed by atoms with Crippen molar-refractivity contribution in [3.63, 3.8) is 0 Å². The first-order valence-corrected chi connectivity index (χ1v) is 11.1. The summed E-state index contributed by atoms with van der Waals surface area (Å²) in [6.07, 6.45) is 0. The van der Waals surface area contributed by atoms with E-state index in [4.69, 9.17) is 25.8 Å². The summed E-state index contributed by atoms with van der Waals surface area (Å²) in [6.45, 7) is 0. The largest absolute Gasteiger partial charge is 0.495 e. The highest BCUT2D eigenvalue weighted by atomic mass is 35.5. The lowest BCUT2D eigenvalue weighted by atomic mass is 9.79. The van der Waals surface area contributed by atoms with Crippen LogP contribution >= 0.6 is 11.6 Å². The maximum atomic E-state index is 15.0. The molecule has 1 heterocycles. The molecule has 0 spiro atoms. The summed E-state index contributed by atoms with van der Waals surface area (Å²) in [4.78, 5) is 28.6. The molecule has 4 rings (SSSR count). The van der Waals surface area contributed by atoms with E-state index in [-0.39, 0.29) is 17.0 Å². The van der Waals surface area contributed by atoms with Crippen LogP contribution in [0, 0.1) is 5.82 Å². The number of amides is 2. The van der Waals surface area contributed by atoms with Crippen molar-refractivity contribution in [1.82, 2.24) is 4.90 Å². The first kappa shape index (κ1) is 24.3. The second kappa shape index (κ2) is 9.84. The van der Waals surface area contributed by atoms with Gasteiger partial charge in [0.1, 0.15) is 11.6 Å². The SMILES string of the molecule is COc1ccc(Cl)cc1NC(=O)[C@H]1c2cc(OC)c(OC)cc2C(=O)N(C)[C@H]1c1ccccc1F. The minimum atomic E-state index is -0.993. The number of carbonyl (C=O) groups excluding carboxylic acids is 2. The molecule has 0 radical (unpaired) electrons. The number of nitrogens with one attached hydrogen (secondary N) is 1. The molecular weight excluding hydrogens is 475 g/mol. The molecule has 1 aliphatic rings. The standard InChI is InChI=1S/C26H24ClFN2O5/c1-30-24(15-7-5-6-8-18(15)28)23(25(31)29-19-11-14(27)9-10-20(19)33-2)16-12-21(34-3)22(35-4)13-17(16)26(30)32/h5-13,23-24H,1-4H3,(H,29,31)/t23-,24-/m0/s1. The number of rotatable bonds is 6. The zero-order valence-electron chi connectivity index (χ0n) is 19.6. The first-order chi connectivity index (χ1) is 16.8. The van der Waals surface area contributed by atoms with Gasteiger partial charge in [0.15, 0.2) is 11.5 Å². The molecule has 0 saturated carbocycles. The molecule has 35 heavy (non-hydrogen) atoms. The van der Waals surface area contributed by atoms with Gasteiger partial charge in [-0.25, -0.2) is 4.39 Å². The van der Waals surface area contributed by atoms with Gasteiger partial charge in [-0.05, 0) is 42.0 Å². The highest BCUT2D eigenvalue weighted by molar-refractivity contribution is 6.31. The number of likely N-dealkylation sites (N-methyl/N-ethyl adjacent to an activating group) is 1. The predicted molar refractivity (Wildman–Crippen MR) is 130 cm³/mol. The number of hydrogen-bond donors (Lipinski definition) is 1. The Morgan fingerprint density at radius 2 is 1.60 bits per heavy atom. The smallest absolute Gasteiger partial charge is 0.254 e. The third kappa shape index (κ3) is 4.37. The summed E-state index contributed by atoms with van der Waals surface area (Å²) in [6, 6.07) is 13.1. The number of carbonyl (C=O) groups is 2. The van der Waals surface area contributed by atoms with Gasteiger partial charge in [0, 0.05) is 23.2 Å². The van der Waals surface area contributed by atoms with E-state index in [0.29, 0.717) is 33.5 Å². The maximum absolute atomic E-state index is 15.0. The number of fused-ring (bicyclic) bond motifs is 1. The van der Waals surface area contributed by atoms with Gasteiger partial charge in [-0.3, -0.25) is 9.59 Å². The van der Waals surface area contributed by atoms with Crippen LogP contribution in [-0.2, 0) is 4.79 Å². The fourth-order valence-corrected chi connectivity index (χ4v) is 4.60. The molecule has 1 N–H and O–H groups in total. The van der Waals surface area contributed by atoms with Gasteiger partial charge >= 0.3 is 0 Å². The summed E-state index contributed by atoms with van der Waals surface area (Å²) in [5.74, 6) is -1.29. The maximum Gasteiger partial charge on any atom is 0.254 e. The second-order valence-electron chi connectivity index (χ2n) is 7.99. The Morgan fingerprint density at radius 3 is 2.26 bits per heavy atom. The molecule has 3 aromatic carbocycles. The van der Waals surface area contributed by atoms with E-state index in [0.717, 1.165) is 0 Å². The predicted octanol–water partition coefficient (Wildman–Crippen LogP) is 5.05.